The third-order valence-electron chi connectivity index (χ3n) is 3.11. The fraction of sp³-hybridized carbons (Fsp3) is 0.200. The molecule has 2 rings (SSSR count). The minimum absolute atomic E-state index is 0.195. The summed E-state index contributed by atoms with van der Waals surface area (Å²) in [4.78, 5) is 2.21. The van der Waals surface area contributed by atoms with Crippen LogP contribution in [-0.4, -0.2) is 13.6 Å². The van der Waals surface area contributed by atoms with Crippen molar-refractivity contribution < 1.29 is 0 Å². The molecule has 1 unspecified atom stereocenters. The molecule has 0 aliphatic rings. The second kappa shape index (κ2) is 6.03. The maximum Gasteiger partial charge on any atom is 0.0661 e. The Kier molecular flexibility index (Phi) is 4.39. The van der Waals surface area contributed by atoms with Gasteiger partial charge in [-0.15, -0.1) is 0 Å². The van der Waals surface area contributed by atoms with Crippen molar-refractivity contribution in [3.63, 3.8) is 0 Å². The molecule has 2 aromatic rings. The van der Waals surface area contributed by atoms with Crippen molar-refractivity contribution in [2.24, 2.45) is 5.73 Å². The zero-order chi connectivity index (χ0) is 13.0. The molecule has 18 heavy (non-hydrogen) atoms. The van der Waals surface area contributed by atoms with E-state index in [0.717, 1.165) is 4.47 Å². The third-order valence-corrected chi connectivity index (χ3v) is 3.64. The van der Waals surface area contributed by atoms with E-state index in [1.165, 1.54) is 11.3 Å². The van der Waals surface area contributed by atoms with Crippen LogP contribution in [0, 0.1) is 0 Å². The van der Waals surface area contributed by atoms with E-state index in [1.54, 1.807) is 0 Å². The minimum Gasteiger partial charge on any atom is -0.366 e. The molecular formula is C15H17BrN2. The number of likely N-dealkylation sites (N-methyl/N-ethyl adjacent to an activating group) is 1. The number of benzene rings is 2. The molecule has 0 aliphatic carbocycles. The number of anilines is 1. The normalized spacial score (nSPS) is 12.2. The summed E-state index contributed by atoms with van der Waals surface area (Å²) in [5.41, 5.74) is 8.33. The van der Waals surface area contributed by atoms with Crippen LogP contribution >= 0.6 is 15.9 Å². The van der Waals surface area contributed by atoms with Gasteiger partial charge in [-0.3, -0.25) is 0 Å². The number of nitrogens with two attached hydrogens (primary N) is 1. The highest BCUT2D eigenvalue weighted by Gasteiger charge is 2.15. The quantitative estimate of drug-likeness (QED) is 0.935. The zero-order valence-electron chi connectivity index (χ0n) is 10.4. The molecule has 2 aromatic carbocycles. The van der Waals surface area contributed by atoms with Crippen molar-refractivity contribution in [3.8, 4) is 0 Å². The molecule has 0 spiro atoms. The van der Waals surface area contributed by atoms with Crippen LogP contribution < -0.4 is 10.6 Å². The van der Waals surface area contributed by atoms with Gasteiger partial charge >= 0.3 is 0 Å². The summed E-state index contributed by atoms with van der Waals surface area (Å²) in [6.45, 7) is 0.590. The highest BCUT2D eigenvalue weighted by molar-refractivity contribution is 9.10. The van der Waals surface area contributed by atoms with Crippen LogP contribution in [0.2, 0.25) is 0 Å². The molecule has 0 amide bonds. The topological polar surface area (TPSA) is 29.3 Å². The molecule has 3 heteroatoms. The third kappa shape index (κ3) is 2.92. The van der Waals surface area contributed by atoms with Crippen molar-refractivity contribution in [3.05, 3.63) is 64.6 Å². The van der Waals surface area contributed by atoms with Crippen LogP contribution in [0.5, 0.6) is 0 Å². The fourth-order valence-corrected chi connectivity index (χ4v) is 2.31. The van der Waals surface area contributed by atoms with Gasteiger partial charge in [-0.25, -0.2) is 0 Å². The first-order valence-corrected chi connectivity index (χ1v) is 6.75. The minimum atomic E-state index is 0.195. The Bertz CT molecular complexity index is 482. The standard InChI is InChI=1S/C15H17BrN2/c1-18(14-5-3-2-4-6-14)15(11-17)12-7-9-13(16)10-8-12/h2-10,15H,11,17H2,1H3. The number of nitrogens with zero attached hydrogens (tertiary/aromatic N) is 1. The average molecular weight is 305 g/mol. The van der Waals surface area contributed by atoms with Crippen molar-refractivity contribution >= 4 is 21.6 Å². The number of hydrogen-bond donors (Lipinski definition) is 1. The molecule has 1 atom stereocenters. The first-order valence-electron chi connectivity index (χ1n) is 5.96. The summed E-state index contributed by atoms with van der Waals surface area (Å²) in [7, 11) is 2.08. The van der Waals surface area contributed by atoms with E-state index < -0.39 is 0 Å². The molecule has 0 aliphatic heterocycles. The fourth-order valence-electron chi connectivity index (χ4n) is 2.05. The molecule has 0 saturated heterocycles. The van der Waals surface area contributed by atoms with Gasteiger partial charge in [-0.05, 0) is 29.8 Å². The van der Waals surface area contributed by atoms with Gasteiger partial charge in [0.05, 0.1) is 6.04 Å². The molecule has 94 valence electrons. The van der Waals surface area contributed by atoms with Crippen LogP contribution in [0.15, 0.2) is 59.1 Å². The van der Waals surface area contributed by atoms with Crippen LogP contribution in [0.1, 0.15) is 11.6 Å². The Morgan fingerprint density at radius 3 is 2.22 bits per heavy atom. The van der Waals surface area contributed by atoms with Crippen molar-refractivity contribution in [2.75, 3.05) is 18.5 Å². The lowest BCUT2D eigenvalue weighted by Crippen LogP contribution is -2.30. The lowest BCUT2D eigenvalue weighted by Gasteiger charge is -2.29. The van der Waals surface area contributed by atoms with E-state index in [-0.39, 0.29) is 6.04 Å². The molecule has 0 bridgehead atoms. The second-order valence-electron chi connectivity index (χ2n) is 4.25. The highest BCUT2D eigenvalue weighted by Crippen LogP contribution is 2.25. The summed E-state index contributed by atoms with van der Waals surface area (Å²) >= 11 is 3.45. The number of halogens is 1. The summed E-state index contributed by atoms with van der Waals surface area (Å²) in [6, 6.07) is 18.8. The summed E-state index contributed by atoms with van der Waals surface area (Å²) < 4.78 is 1.09. The van der Waals surface area contributed by atoms with E-state index in [1.807, 2.05) is 18.2 Å². The molecule has 0 fully saturated rings. The van der Waals surface area contributed by atoms with E-state index in [2.05, 4.69) is 64.3 Å². The predicted octanol–water partition coefficient (Wildman–Crippen LogP) is 3.59. The van der Waals surface area contributed by atoms with Crippen LogP contribution in [-0.2, 0) is 0 Å². The van der Waals surface area contributed by atoms with E-state index >= 15 is 0 Å². The van der Waals surface area contributed by atoms with Gasteiger partial charge in [-0.2, -0.15) is 0 Å². The Hall–Kier alpha value is -1.32. The zero-order valence-corrected chi connectivity index (χ0v) is 12.0. The number of rotatable bonds is 4. The van der Waals surface area contributed by atoms with E-state index in [0.29, 0.717) is 6.54 Å². The van der Waals surface area contributed by atoms with Crippen LogP contribution in [0.4, 0.5) is 5.69 Å². The van der Waals surface area contributed by atoms with Crippen molar-refractivity contribution in [1.82, 2.24) is 0 Å². The van der Waals surface area contributed by atoms with E-state index in [9.17, 15) is 0 Å². The molecule has 2 N–H and O–H groups in total. The average Bonchev–Trinajstić information content (AvgIpc) is 2.42. The smallest absolute Gasteiger partial charge is 0.0661 e. The number of para-hydroxylation sites is 1. The Balaban J connectivity index is 2.26. The highest BCUT2D eigenvalue weighted by atomic mass is 79.9. The first kappa shape index (κ1) is 13.1. The largest absolute Gasteiger partial charge is 0.366 e. The Labute approximate surface area is 117 Å². The molecular weight excluding hydrogens is 288 g/mol. The van der Waals surface area contributed by atoms with Gasteiger partial charge in [0, 0.05) is 23.8 Å². The monoisotopic (exact) mass is 304 g/mol. The van der Waals surface area contributed by atoms with Crippen LogP contribution in [0.3, 0.4) is 0 Å². The molecule has 0 saturated carbocycles. The van der Waals surface area contributed by atoms with Gasteiger partial charge in [0.15, 0.2) is 0 Å². The number of hydrogen-bond acceptors (Lipinski definition) is 2. The molecule has 0 radical (unpaired) electrons. The van der Waals surface area contributed by atoms with Gasteiger partial charge in [0.1, 0.15) is 0 Å². The Morgan fingerprint density at radius 1 is 1.06 bits per heavy atom. The summed E-state index contributed by atoms with van der Waals surface area (Å²) in [6.07, 6.45) is 0. The maximum absolute atomic E-state index is 5.93. The Morgan fingerprint density at radius 2 is 1.67 bits per heavy atom. The van der Waals surface area contributed by atoms with Gasteiger partial charge in [0.2, 0.25) is 0 Å². The molecule has 0 aromatic heterocycles. The van der Waals surface area contributed by atoms with Gasteiger partial charge < -0.3 is 10.6 Å². The van der Waals surface area contributed by atoms with Crippen molar-refractivity contribution in [1.29, 1.82) is 0 Å². The summed E-state index contributed by atoms with van der Waals surface area (Å²) in [5, 5.41) is 0. The lowest BCUT2D eigenvalue weighted by molar-refractivity contribution is 0.680. The second-order valence-corrected chi connectivity index (χ2v) is 5.17. The van der Waals surface area contributed by atoms with Gasteiger partial charge in [0.25, 0.3) is 0 Å². The summed E-state index contributed by atoms with van der Waals surface area (Å²) in [5.74, 6) is 0. The van der Waals surface area contributed by atoms with E-state index in [4.69, 9.17) is 5.73 Å². The van der Waals surface area contributed by atoms with Crippen molar-refractivity contribution in [2.45, 2.75) is 6.04 Å². The molecule has 2 nitrogen and oxygen atoms in total. The maximum atomic E-state index is 5.93. The van der Waals surface area contributed by atoms with Crippen LogP contribution in [0.25, 0.3) is 0 Å². The molecule has 0 heterocycles. The lowest BCUT2D eigenvalue weighted by atomic mass is 10.1. The predicted molar refractivity (Wildman–Crippen MR) is 80.8 cm³/mol. The first-order chi connectivity index (χ1) is 8.72. The van der Waals surface area contributed by atoms with Gasteiger partial charge in [-0.1, -0.05) is 46.3 Å². The SMILES string of the molecule is CN(c1ccccc1)C(CN)c1ccc(Br)cc1.